The number of hydrogen-bond donors (Lipinski definition) is 0. The lowest BCUT2D eigenvalue weighted by Crippen LogP contribution is -2.56. The van der Waals surface area contributed by atoms with Gasteiger partial charge in [0.15, 0.2) is 5.11 Å². The lowest BCUT2D eigenvalue weighted by Gasteiger charge is -2.36. The smallest absolute Gasteiger partial charge is 0.270 e. The minimum absolute atomic E-state index is 0.0861. The Morgan fingerprint density at radius 2 is 1.61 bits per heavy atom. The highest BCUT2D eigenvalue weighted by atomic mass is 79.9. The molecule has 2 heterocycles. The number of halogens is 1. The average molecular weight is 494 g/mol. The Balaban J connectivity index is 1.80. The molecule has 31 heavy (non-hydrogen) atoms. The Morgan fingerprint density at radius 1 is 0.903 bits per heavy atom. The van der Waals surface area contributed by atoms with Crippen LogP contribution in [0.2, 0.25) is 0 Å². The van der Waals surface area contributed by atoms with E-state index in [1.54, 1.807) is 6.08 Å². The summed E-state index contributed by atoms with van der Waals surface area (Å²) in [6.45, 7) is 2.42. The Morgan fingerprint density at radius 3 is 2.29 bits per heavy atom. The number of amides is 2. The van der Waals surface area contributed by atoms with Crippen molar-refractivity contribution in [2.24, 2.45) is 0 Å². The highest BCUT2D eigenvalue weighted by Crippen LogP contribution is 2.27. The van der Waals surface area contributed by atoms with Gasteiger partial charge in [-0.3, -0.25) is 19.4 Å². The monoisotopic (exact) mass is 493 g/mol. The molecule has 3 aromatic rings. The van der Waals surface area contributed by atoms with Crippen LogP contribution < -0.4 is 4.90 Å². The van der Waals surface area contributed by atoms with Crippen LogP contribution in [0.5, 0.6) is 0 Å². The molecule has 0 radical (unpaired) electrons. The molecular weight excluding hydrogens is 474 g/mol. The quantitative estimate of drug-likeness (QED) is 0.279. The lowest BCUT2D eigenvalue weighted by atomic mass is 10.1. The van der Waals surface area contributed by atoms with Crippen LogP contribution in [-0.2, 0) is 9.59 Å². The van der Waals surface area contributed by atoms with Crippen LogP contribution in [0.1, 0.15) is 19.0 Å². The van der Waals surface area contributed by atoms with Gasteiger partial charge in [0, 0.05) is 28.6 Å². The van der Waals surface area contributed by atoms with Gasteiger partial charge in [-0.1, -0.05) is 41.1 Å². The van der Waals surface area contributed by atoms with Gasteiger partial charge in [0.05, 0.1) is 5.69 Å². The maximum atomic E-state index is 13.4. The first kappa shape index (κ1) is 21.2. The lowest BCUT2D eigenvalue weighted by molar-refractivity contribution is -0.127. The zero-order chi connectivity index (χ0) is 22.0. The number of carbonyl (C=O) groups excluding carboxylic acids is 2. The third kappa shape index (κ3) is 4.11. The summed E-state index contributed by atoms with van der Waals surface area (Å²) in [5.74, 6) is -0.787. The zero-order valence-corrected chi connectivity index (χ0v) is 19.3. The van der Waals surface area contributed by atoms with Gasteiger partial charge < -0.3 is 4.57 Å². The maximum Gasteiger partial charge on any atom is 0.270 e. The van der Waals surface area contributed by atoms with Crippen LogP contribution >= 0.6 is 28.1 Å². The fourth-order valence-corrected chi connectivity index (χ4v) is 4.12. The number of aromatic nitrogens is 1. The van der Waals surface area contributed by atoms with Crippen molar-refractivity contribution in [2.75, 3.05) is 11.4 Å². The fourth-order valence-electron chi connectivity index (χ4n) is 3.50. The molecule has 0 N–H and O–H groups in total. The van der Waals surface area contributed by atoms with Gasteiger partial charge in [-0.2, -0.15) is 0 Å². The second kappa shape index (κ2) is 8.99. The van der Waals surface area contributed by atoms with E-state index < -0.39 is 5.91 Å². The summed E-state index contributed by atoms with van der Waals surface area (Å²) in [7, 11) is 0. The normalized spacial score (nSPS) is 15.8. The molecular formula is C24H20BrN3O2S. The SMILES string of the molecule is CCCN1C(=O)/C(=C\c2cccn2-c2ccc(Br)cc2)C(=O)N(c2ccccc2)C1=S. The van der Waals surface area contributed by atoms with Gasteiger partial charge in [0.2, 0.25) is 0 Å². The molecule has 1 saturated heterocycles. The van der Waals surface area contributed by atoms with Crippen LogP contribution in [0.4, 0.5) is 5.69 Å². The predicted octanol–water partition coefficient (Wildman–Crippen LogP) is 5.19. The van der Waals surface area contributed by atoms with E-state index in [4.69, 9.17) is 12.2 Å². The Kier molecular flexibility index (Phi) is 6.15. The van der Waals surface area contributed by atoms with Crippen molar-refractivity contribution in [3.63, 3.8) is 0 Å². The van der Waals surface area contributed by atoms with Crippen molar-refractivity contribution in [1.29, 1.82) is 0 Å². The van der Waals surface area contributed by atoms with Crippen molar-refractivity contribution in [2.45, 2.75) is 13.3 Å². The minimum Gasteiger partial charge on any atom is -0.317 e. The number of anilines is 1. The summed E-state index contributed by atoms with van der Waals surface area (Å²) in [5, 5.41) is 0.212. The first-order valence-corrected chi connectivity index (χ1v) is 11.1. The topological polar surface area (TPSA) is 45.6 Å². The van der Waals surface area contributed by atoms with E-state index in [1.807, 2.05) is 84.4 Å². The first-order valence-electron chi connectivity index (χ1n) is 9.91. The van der Waals surface area contributed by atoms with Crippen molar-refractivity contribution in [3.8, 4) is 5.69 Å². The fraction of sp³-hybridized carbons (Fsp3) is 0.125. The largest absolute Gasteiger partial charge is 0.317 e. The highest BCUT2D eigenvalue weighted by Gasteiger charge is 2.40. The molecule has 5 nitrogen and oxygen atoms in total. The van der Waals surface area contributed by atoms with E-state index in [1.165, 1.54) is 9.80 Å². The van der Waals surface area contributed by atoms with Gasteiger partial charge in [-0.15, -0.1) is 0 Å². The van der Waals surface area contributed by atoms with Gasteiger partial charge in [-0.05, 0) is 73.2 Å². The average Bonchev–Trinajstić information content (AvgIpc) is 3.24. The van der Waals surface area contributed by atoms with E-state index in [0.717, 1.165) is 22.3 Å². The summed E-state index contributed by atoms with van der Waals surface area (Å²) in [6.07, 6.45) is 4.27. The number of benzene rings is 2. The number of rotatable bonds is 5. The maximum absolute atomic E-state index is 13.4. The molecule has 0 atom stereocenters. The molecule has 1 aliphatic heterocycles. The Hall–Kier alpha value is -3.03. The van der Waals surface area contributed by atoms with Gasteiger partial charge >= 0.3 is 0 Å². The molecule has 7 heteroatoms. The molecule has 0 aliphatic carbocycles. The summed E-state index contributed by atoms with van der Waals surface area (Å²) < 4.78 is 2.91. The van der Waals surface area contributed by atoms with Crippen molar-refractivity contribution >= 4 is 56.8 Å². The molecule has 156 valence electrons. The third-order valence-corrected chi connectivity index (χ3v) is 5.90. The molecule has 1 aliphatic rings. The van der Waals surface area contributed by atoms with E-state index in [0.29, 0.717) is 12.2 Å². The number of para-hydroxylation sites is 1. The number of nitrogens with zero attached hydrogens (tertiary/aromatic N) is 3. The molecule has 1 fully saturated rings. The van der Waals surface area contributed by atoms with Crippen LogP contribution in [0.3, 0.4) is 0 Å². The third-order valence-electron chi connectivity index (χ3n) is 4.97. The molecule has 0 spiro atoms. The standard InChI is InChI=1S/C24H20BrN3O2S/c1-2-14-27-22(29)21(23(30)28(24(27)31)19-7-4-3-5-8-19)16-20-9-6-15-26(20)18-12-10-17(25)11-13-18/h3-13,15-16H,2,14H2,1H3/b21-16+. The highest BCUT2D eigenvalue weighted by molar-refractivity contribution is 9.10. The number of thiocarbonyl (C=S) groups is 1. The Labute approximate surface area is 194 Å². The number of carbonyl (C=O) groups is 2. The molecule has 0 bridgehead atoms. The first-order chi connectivity index (χ1) is 15.0. The van der Waals surface area contributed by atoms with E-state index in [-0.39, 0.29) is 16.6 Å². The molecule has 4 rings (SSSR count). The van der Waals surface area contributed by atoms with Crippen molar-refractivity contribution < 1.29 is 9.59 Å². The van der Waals surface area contributed by atoms with Gasteiger partial charge in [0.1, 0.15) is 5.57 Å². The van der Waals surface area contributed by atoms with E-state index in [9.17, 15) is 9.59 Å². The van der Waals surface area contributed by atoms with Crippen molar-refractivity contribution in [3.05, 3.63) is 88.7 Å². The predicted molar refractivity (Wildman–Crippen MR) is 130 cm³/mol. The van der Waals surface area contributed by atoms with Crippen LogP contribution in [0.15, 0.2) is 83.0 Å². The molecule has 2 aromatic carbocycles. The molecule has 2 amide bonds. The molecule has 0 unspecified atom stereocenters. The van der Waals surface area contributed by atoms with Gasteiger partial charge in [0.25, 0.3) is 11.8 Å². The number of hydrogen-bond acceptors (Lipinski definition) is 3. The molecule has 0 saturated carbocycles. The summed E-state index contributed by atoms with van der Waals surface area (Å²) in [4.78, 5) is 29.6. The molecule has 1 aromatic heterocycles. The zero-order valence-electron chi connectivity index (χ0n) is 16.9. The van der Waals surface area contributed by atoms with E-state index >= 15 is 0 Å². The summed E-state index contributed by atoms with van der Waals surface area (Å²) in [5.41, 5.74) is 2.39. The Bertz CT molecular complexity index is 1170. The van der Waals surface area contributed by atoms with Crippen LogP contribution in [-0.4, -0.2) is 32.9 Å². The minimum atomic E-state index is -0.419. The summed E-state index contributed by atoms with van der Waals surface area (Å²) >= 11 is 8.98. The second-order valence-electron chi connectivity index (χ2n) is 7.05. The summed E-state index contributed by atoms with van der Waals surface area (Å²) in [6, 6.07) is 20.8. The van der Waals surface area contributed by atoms with Crippen LogP contribution in [0, 0.1) is 0 Å². The van der Waals surface area contributed by atoms with E-state index in [2.05, 4.69) is 15.9 Å². The van der Waals surface area contributed by atoms with Crippen LogP contribution in [0.25, 0.3) is 11.8 Å². The second-order valence-corrected chi connectivity index (χ2v) is 8.33. The van der Waals surface area contributed by atoms with Crippen molar-refractivity contribution in [1.82, 2.24) is 9.47 Å². The van der Waals surface area contributed by atoms with Gasteiger partial charge in [-0.25, -0.2) is 0 Å².